The second-order valence-electron chi connectivity index (χ2n) is 6.45. The van der Waals surface area contributed by atoms with Crippen LogP contribution in [0.1, 0.15) is 22.9 Å². The van der Waals surface area contributed by atoms with Crippen molar-refractivity contribution in [2.75, 3.05) is 0 Å². The van der Waals surface area contributed by atoms with Crippen LogP contribution in [0.25, 0.3) is 0 Å². The summed E-state index contributed by atoms with van der Waals surface area (Å²) in [5.74, 6) is -2.27. The van der Waals surface area contributed by atoms with Gasteiger partial charge in [0.25, 0.3) is 0 Å². The van der Waals surface area contributed by atoms with Gasteiger partial charge in [0.05, 0.1) is 18.2 Å². The number of carboxylic acid groups (broad SMARTS) is 2. The molecule has 0 bridgehead atoms. The molecule has 0 spiro atoms. The lowest BCUT2D eigenvalue weighted by molar-refractivity contribution is -0.142. The number of carbonyl (C=O) groups is 2. The lowest BCUT2D eigenvalue weighted by atomic mass is 10.0. The molecule has 3 N–H and O–H groups in total. The highest BCUT2D eigenvalue weighted by Gasteiger charge is 2.29. The molecule has 3 rings (SSSR count). The van der Waals surface area contributed by atoms with Gasteiger partial charge in [0.15, 0.2) is 0 Å². The number of nitrogens with one attached hydrogen (secondary N) is 1. The average molecular weight is 379 g/mol. The first kappa shape index (κ1) is 19.3. The minimum atomic E-state index is -1.20. The normalized spacial score (nSPS) is 13.0. The van der Waals surface area contributed by atoms with Crippen LogP contribution in [-0.2, 0) is 22.6 Å². The Morgan fingerprint density at radius 1 is 0.929 bits per heavy atom. The van der Waals surface area contributed by atoms with Crippen LogP contribution in [-0.4, -0.2) is 37.7 Å². The minimum Gasteiger partial charge on any atom is -0.480 e. The van der Waals surface area contributed by atoms with E-state index in [0.29, 0.717) is 12.2 Å². The van der Waals surface area contributed by atoms with Gasteiger partial charge in [0.1, 0.15) is 12.1 Å². The number of aliphatic carboxylic acids is 2. The monoisotopic (exact) mass is 379 g/mol. The summed E-state index contributed by atoms with van der Waals surface area (Å²) >= 11 is 0. The van der Waals surface area contributed by atoms with Crippen molar-refractivity contribution in [2.45, 2.75) is 25.0 Å². The zero-order valence-corrected chi connectivity index (χ0v) is 15.1. The molecule has 0 aliphatic rings. The largest absolute Gasteiger partial charge is 0.480 e. The summed E-state index contributed by atoms with van der Waals surface area (Å²) in [6, 6.07) is 16.4. The van der Waals surface area contributed by atoms with Crippen molar-refractivity contribution in [3.05, 3.63) is 90.0 Å². The summed E-state index contributed by atoms with van der Waals surface area (Å²) < 4.78 is 1.71. The molecule has 0 aliphatic heterocycles. The lowest BCUT2D eigenvalue weighted by Gasteiger charge is -2.21. The molecule has 0 aliphatic carbocycles. The molecule has 28 heavy (non-hydrogen) atoms. The maximum Gasteiger partial charge on any atom is 0.326 e. The number of hydrogen-bond acceptors (Lipinski definition) is 4. The van der Waals surface area contributed by atoms with Gasteiger partial charge in [-0.05, 0) is 17.5 Å². The van der Waals surface area contributed by atoms with Crippen molar-refractivity contribution >= 4 is 11.9 Å². The molecule has 3 aromatic rings. The van der Waals surface area contributed by atoms with Crippen molar-refractivity contribution < 1.29 is 19.8 Å². The first-order valence-electron chi connectivity index (χ1n) is 8.84. The summed E-state index contributed by atoms with van der Waals surface area (Å²) in [6.45, 7) is 0.443. The van der Waals surface area contributed by atoms with Crippen molar-refractivity contribution in [2.24, 2.45) is 0 Å². The van der Waals surface area contributed by atoms with Crippen molar-refractivity contribution in [1.82, 2.24) is 14.9 Å². The molecule has 2 atom stereocenters. The van der Waals surface area contributed by atoms with E-state index in [2.05, 4.69) is 10.3 Å². The van der Waals surface area contributed by atoms with E-state index in [4.69, 9.17) is 0 Å². The highest BCUT2D eigenvalue weighted by molar-refractivity contribution is 5.78. The summed E-state index contributed by atoms with van der Waals surface area (Å²) in [6.07, 6.45) is 3.18. The Kier molecular flexibility index (Phi) is 6.18. The van der Waals surface area contributed by atoms with Gasteiger partial charge in [0.2, 0.25) is 0 Å². The molecule has 1 aromatic heterocycles. The van der Waals surface area contributed by atoms with Gasteiger partial charge in [-0.2, -0.15) is 0 Å². The van der Waals surface area contributed by atoms with E-state index in [1.807, 2.05) is 60.7 Å². The molecule has 1 heterocycles. The Bertz CT molecular complexity index is 925. The molecule has 7 nitrogen and oxygen atoms in total. The molecule has 0 amide bonds. The summed E-state index contributed by atoms with van der Waals surface area (Å²) in [7, 11) is 0. The van der Waals surface area contributed by atoms with Crippen LogP contribution in [0.4, 0.5) is 0 Å². The number of benzene rings is 2. The molecular formula is C21H21N3O4. The Morgan fingerprint density at radius 2 is 1.54 bits per heavy atom. The van der Waals surface area contributed by atoms with Crippen LogP contribution in [0, 0.1) is 0 Å². The smallest absolute Gasteiger partial charge is 0.326 e. The first-order chi connectivity index (χ1) is 13.5. The van der Waals surface area contributed by atoms with Gasteiger partial charge in [0, 0.05) is 6.54 Å². The summed E-state index contributed by atoms with van der Waals surface area (Å²) in [5, 5.41) is 22.1. The van der Waals surface area contributed by atoms with Gasteiger partial charge in [-0.1, -0.05) is 60.7 Å². The van der Waals surface area contributed by atoms with Gasteiger partial charge >= 0.3 is 11.9 Å². The number of aromatic nitrogens is 2. The number of rotatable bonds is 9. The molecule has 2 unspecified atom stereocenters. The van der Waals surface area contributed by atoms with Crippen molar-refractivity contribution in [1.29, 1.82) is 0 Å². The highest BCUT2D eigenvalue weighted by atomic mass is 16.4. The third-order valence-electron chi connectivity index (χ3n) is 4.43. The van der Waals surface area contributed by atoms with Crippen LogP contribution in [0.2, 0.25) is 0 Å². The van der Waals surface area contributed by atoms with E-state index >= 15 is 0 Å². The Labute approximate surface area is 162 Å². The number of imidazole rings is 1. The van der Waals surface area contributed by atoms with Crippen LogP contribution in [0.15, 0.2) is 73.2 Å². The molecular weight excluding hydrogens is 358 g/mol. The molecule has 7 heteroatoms. The SMILES string of the molecule is O=C(O)C(Cc1ccccc1)NC(C(=O)O)c1cncn1Cc1ccccc1. The highest BCUT2D eigenvalue weighted by Crippen LogP contribution is 2.17. The quantitative estimate of drug-likeness (QED) is 0.527. The first-order valence-corrected chi connectivity index (χ1v) is 8.84. The van der Waals surface area contributed by atoms with Crippen LogP contribution in [0.3, 0.4) is 0 Å². The van der Waals surface area contributed by atoms with E-state index in [9.17, 15) is 19.8 Å². The molecule has 2 aromatic carbocycles. The third-order valence-corrected chi connectivity index (χ3v) is 4.43. The molecule has 0 radical (unpaired) electrons. The van der Waals surface area contributed by atoms with Gasteiger partial charge in [-0.15, -0.1) is 0 Å². The Balaban J connectivity index is 1.82. The Hall–Kier alpha value is -3.45. The lowest BCUT2D eigenvalue weighted by Crippen LogP contribution is -2.44. The minimum absolute atomic E-state index is 0.173. The standard InChI is InChI=1S/C21H21N3O4/c25-20(26)17(11-15-7-3-1-4-8-15)23-19(21(27)28)18-12-22-14-24(18)13-16-9-5-2-6-10-16/h1-10,12,14,17,19,23H,11,13H2,(H,25,26)(H,27,28). The van der Waals surface area contributed by atoms with Crippen LogP contribution >= 0.6 is 0 Å². The summed E-state index contributed by atoms with van der Waals surface area (Å²) in [5.41, 5.74) is 2.20. The third kappa shape index (κ3) is 4.83. The summed E-state index contributed by atoms with van der Waals surface area (Å²) in [4.78, 5) is 27.7. The van der Waals surface area contributed by atoms with E-state index in [-0.39, 0.29) is 6.42 Å². The van der Waals surface area contributed by atoms with Gasteiger partial charge < -0.3 is 14.8 Å². The fourth-order valence-electron chi connectivity index (χ4n) is 3.04. The average Bonchev–Trinajstić information content (AvgIpc) is 3.14. The predicted octanol–water partition coefficient (Wildman–Crippen LogP) is 2.34. The van der Waals surface area contributed by atoms with Crippen LogP contribution < -0.4 is 5.32 Å². The fraction of sp³-hybridized carbons (Fsp3) is 0.190. The maximum absolute atomic E-state index is 11.9. The van der Waals surface area contributed by atoms with E-state index in [0.717, 1.165) is 11.1 Å². The molecule has 0 fully saturated rings. The number of nitrogens with zero attached hydrogens (tertiary/aromatic N) is 2. The molecule has 0 saturated carbocycles. The van der Waals surface area contributed by atoms with Gasteiger partial charge in [-0.3, -0.25) is 14.9 Å². The van der Waals surface area contributed by atoms with E-state index in [1.54, 1.807) is 10.9 Å². The second-order valence-corrected chi connectivity index (χ2v) is 6.45. The molecule has 144 valence electrons. The zero-order chi connectivity index (χ0) is 19.9. The molecule has 0 saturated heterocycles. The second kappa shape index (κ2) is 8.96. The zero-order valence-electron chi connectivity index (χ0n) is 15.1. The topological polar surface area (TPSA) is 104 Å². The number of carboxylic acids is 2. The Morgan fingerprint density at radius 3 is 2.11 bits per heavy atom. The van der Waals surface area contributed by atoms with E-state index < -0.39 is 24.0 Å². The number of hydrogen-bond donors (Lipinski definition) is 3. The van der Waals surface area contributed by atoms with E-state index in [1.165, 1.54) is 6.20 Å². The maximum atomic E-state index is 11.9. The fourth-order valence-corrected chi connectivity index (χ4v) is 3.04. The van der Waals surface area contributed by atoms with Crippen molar-refractivity contribution in [3.8, 4) is 0 Å². The predicted molar refractivity (Wildman–Crippen MR) is 103 cm³/mol. The van der Waals surface area contributed by atoms with Crippen LogP contribution in [0.5, 0.6) is 0 Å². The van der Waals surface area contributed by atoms with Gasteiger partial charge in [-0.25, -0.2) is 4.98 Å². The van der Waals surface area contributed by atoms with Crippen molar-refractivity contribution in [3.63, 3.8) is 0 Å².